The number of rotatable bonds is 13. The molecule has 0 aromatic heterocycles. The molecule has 3 atom stereocenters. The quantitative estimate of drug-likeness (QED) is 0.102. The first-order valence-corrected chi connectivity index (χ1v) is 8.82. The van der Waals surface area contributed by atoms with Gasteiger partial charge in [-0.25, -0.2) is 4.79 Å². The van der Waals surface area contributed by atoms with Crippen LogP contribution in [0.2, 0.25) is 0 Å². The van der Waals surface area contributed by atoms with Crippen LogP contribution in [0.5, 0.6) is 0 Å². The highest BCUT2D eigenvalue weighted by molar-refractivity contribution is 5.91. The predicted molar refractivity (Wildman–Crippen MR) is 101 cm³/mol. The fourth-order valence-corrected chi connectivity index (χ4v) is 2.23. The molecule has 2 amide bonds. The molecule has 0 saturated heterocycles. The zero-order valence-corrected chi connectivity index (χ0v) is 16.1. The maximum atomic E-state index is 12.5. The monoisotopic (exact) mass is 402 g/mol. The highest BCUT2D eigenvalue weighted by Crippen LogP contribution is 2.06. The molecule has 0 spiro atoms. The normalized spacial score (nSPS) is 13.9. The summed E-state index contributed by atoms with van der Waals surface area (Å²) < 4.78 is 0. The first-order valence-electron chi connectivity index (χ1n) is 8.82. The number of aliphatic carboxylic acids is 2. The Morgan fingerprint density at radius 2 is 1.61 bits per heavy atom. The van der Waals surface area contributed by atoms with E-state index in [1.807, 2.05) is 0 Å². The Morgan fingerprint density at radius 3 is 2.07 bits per heavy atom. The van der Waals surface area contributed by atoms with E-state index < -0.39 is 41.9 Å². The molecular formula is C16H30N6O6. The number of carboxylic acids is 2. The summed E-state index contributed by atoms with van der Waals surface area (Å²) in [4.78, 5) is 50.3. The Hall–Kier alpha value is -2.89. The van der Waals surface area contributed by atoms with E-state index in [0.717, 1.165) is 0 Å². The van der Waals surface area contributed by atoms with Crippen LogP contribution in [0, 0.1) is 5.92 Å². The molecular weight excluding hydrogens is 372 g/mol. The van der Waals surface area contributed by atoms with Crippen LogP contribution >= 0.6 is 0 Å². The van der Waals surface area contributed by atoms with E-state index in [-0.39, 0.29) is 37.7 Å². The lowest BCUT2D eigenvalue weighted by atomic mass is 10.0. The molecule has 28 heavy (non-hydrogen) atoms. The summed E-state index contributed by atoms with van der Waals surface area (Å²) in [5.41, 5.74) is 16.1. The first-order chi connectivity index (χ1) is 13.0. The van der Waals surface area contributed by atoms with E-state index in [4.69, 9.17) is 22.3 Å². The first kappa shape index (κ1) is 25.1. The van der Waals surface area contributed by atoms with Gasteiger partial charge < -0.3 is 38.0 Å². The van der Waals surface area contributed by atoms with Crippen LogP contribution in [0.3, 0.4) is 0 Å². The average molecular weight is 402 g/mol. The molecule has 12 nitrogen and oxygen atoms in total. The summed E-state index contributed by atoms with van der Waals surface area (Å²) in [6, 6.07) is -3.33. The van der Waals surface area contributed by atoms with Gasteiger partial charge in [0.25, 0.3) is 0 Å². The van der Waals surface area contributed by atoms with Crippen molar-refractivity contribution in [2.45, 2.75) is 57.7 Å². The Bertz CT molecular complexity index is 590. The number of nitrogens with zero attached hydrogens (tertiary/aromatic N) is 1. The Balaban J connectivity index is 5.09. The van der Waals surface area contributed by atoms with Gasteiger partial charge in [-0.1, -0.05) is 13.8 Å². The molecule has 0 bridgehead atoms. The number of guanidine groups is 1. The molecule has 0 aromatic rings. The molecule has 3 unspecified atom stereocenters. The Kier molecular flexibility index (Phi) is 11.2. The third-order valence-electron chi connectivity index (χ3n) is 3.81. The van der Waals surface area contributed by atoms with Crippen molar-refractivity contribution in [2.75, 3.05) is 6.54 Å². The lowest BCUT2D eigenvalue weighted by molar-refractivity contribution is -0.143. The maximum absolute atomic E-state index is 12.5. The number of nitrogens with one attached hydrogen (secondary N) is 2. The largest absolute Gasteiger partial charge is 0.481 e. The molecule has 0 aliphatic heterocycles. The van der Waals surface area contributed by atoms with Gasteiger partial charge in [-0.05, 0) is 25.2 Å². The molecule has 12 heteroatoms. The van der Waals surface area contributed by atoms with Gasteiger partial charge in [-0.3, -0.25) is 19.4 Å². The summed E-state index contributed by atoms with van der Waals surface area (Å²) in [6.07, 6.45) is 0.0577. The molecule has 0 radical (unpaired) electrons. The van der Waals surface area contributed by atoms with Crippen LogP contribution in [-0.4, -0.2) is 64.6 Å². The lowest BCUT2D eigenvalue weighted by Crippen LogP contribution is -2.55. The number of hydrogen-bond acceptors (Lipinski definition) is 6. The van der Waals surface area contributed by atoms with E-state index in [2.05, 4.69) is 15.6 Å². The fraction of sp³-hybridized carbons (Fsp3) is 0.688. The van der Waals surface area contributed by atoms with Gasteiger partial charge in [0.2, 0.25) is 11.8 Å². The van der Waals surface area contributed by atoms with Crippen LogP contribution in [-0.2, 0) is 19.2 Å². The van der Waals surface area contributed by atoms with Crippen LogP contribution < -0.4 is 27.8 Å². The van der Waals surface area contributed by atoms with Gasteiger partial charge in [0.05, 0.1) is 6.04 Å². The number of nitrogens with two attached hydrogens (primary N) is 3. The Morgan fingerprint density at radius 1 is 1.00 bits per heavy atom. The minimum Gasteiger partial charge on any atom is -0.481 e. The van der Waals surface area contributed by atoms with Crippen LogP contribution in [0.25, 0.3) is 0 Å². The second-order valence-electron chi connectivity index (χ2n) is 6.62. The average Bonchev–Trinajstić information content (AvgIpc) is 2.58. The third kappa shape index (κ3) is 10.3. The summed E-state index contributed by atoms with van der Waals surface area (Å²) in [6.45, 7) is 3.47. The minimum absolute atomic E-state index is 0.104. The molecule has 0 rings (SSSR count). The second-order valence-corrected chi connectivity index (χ2v) is 6.62. The molecule has 10 N–H and O–H groups in total. The van der Waals surface area contributed by atoms with Crippen LogP contribution in [0.4, 0.5) is 0 Å². The number of carbonyl (C=O) groups is 4. The zero-order chi connectivity index (χ0) is 21.9. The summed E-state index contributed by atoms with van der Waals surface area (Å²) in [5, 5.41) is 22.7. The summed E-state index contributed by atoms with van der Waals surface area (Å²) in [5.74, 6) is -4.20. The van der Waals surface area contributed by atoms with Crippen molar-refractivity contribution in [3.8, 4) is 0 Å². The summed E-state index contributed by atoms with van der Waals surface area (Å²) >= 11 is 0. The zero-order valence-electron chi connectivity index (χ0n) is 16.1. The van der Waals surface area contributed by atoms with Crippen molar-refractivity contribution >= 4 is 29.7 Å². The number of carbonyl (C=O) groups excluding carboxylic acids is 2. The Labute approximate surface area is 162 Å². The van der Waals surface area contributed by atoms with Crippen LogP contribution in [0.1, 0.15) is 39.5 Å². The van der Waals surface area contributed by atoms with Gasteiger partial charge >= 0.3 is 11.9 Å². The van der Waals surface area contributed by atoms with Crippen molar-refractivity contribution in [3.63, 3.8) is 0 Å². The topological polar surface area (TPSA) is 223 Å². The van der Waals surface area contributed by atoms with Crippen molar-refractivity contribution < 1.29 is 29.4 Å². The second kappa shape index (κ2) is 12.5. The number of amides is 2. The van der Waals surface area contributed by atoms with E-state index in [0.29, 0.717) is 6.42 Å². The van der Waals surface area contributed by atoms with E-state index in [9.17, 15) is 24.3 Å². The molecule has 160 valence electrons. The molecule has 0 fully saturated rings. The summed E-state index contributed by atoms with van der Waals surface area (Å²) in [7, 11) is 0. The number of aliphatic imine (C=N–C) groups is 1. The maximum Gasteiger partial charge on any atom is 0.326 e. The van der Waals surface area contributed by atoms with Gasteiger partial charge in [0, 0.05) is 13.0 Å². The SMILES string of the molecule is CC(C)C(NC(=O)C(CCCN=C(N)N)NC(=O)C(N)CCC(=O)O)C(=O)O. The van der Waals surface area contributed by atoms with E-state index >= 15 is 0 Å². The highest BCUT2D eigenvalue weighted by atomic mass is 16.4. The molecule has 0 aliphatic rings. The van der Waals surface area contributed by atoms with Gasteiger partial charge in [0.1, 0.15) is 12.1 Å². The van der Waals surface area contributed by atoms with Crippen molar-refractivity contribution in [1.29, 1.82) is 0 Å². The standard InChI is InChI=1S/C16H30N6O6/c1-8(2)12(15(27)28)22-14(26)10(4-3-7-20-16(18)19)21-13(25)9(17)5-6-11(23)24/h8-10,12H,3-7,17H2,1-2H3,(H,21,25)(H,22,26)(H,23,24)(H,27,28)(H4,18,19,20). The van der Waals surface area contributed by atoms with Crippen molar-refractivity contribution in [2.24, 2.45) is 28.1 Å². The lowest BCUT2D eigenvalue weighted by Gasteiger charge is -2.24. The number of carboxylic acid groups (broad SMARTS) is 2. The molecule has 0 saturated carbocycles. The van der Waals surface area contributed by atoms with E-state index in [1.165, 1.54) is 0 Å². The predicted octanol–water partition coefficient (Wildman–Crippen LogP) is -2.06. The van der Waals surface area contributed by atoms with E-state index in [1.54, 1.807) is 13.8 Å². The fourth-order valence-electron chi connectivity index (χ4n) is 2.23. The minimum atomic E-state index is -1.20. The van der Waals surface area contributed by atoms with Crippen LogP contribution in [0.15, 0.2) is 4.99 Å². The smallest absolute Gasteiger partial charge is 0.326 e. The van der Waals surface area contributed by atoms with Crippen molar-refractivity contribution in [1.82, 2.24) is 10.6 Å². The molecule has 0 aromatic carbocycles. The van der Waals surface area contributed by atoms with Gasteiger partial charge in [-0.2, -0.15) is 0 Å². The highest BCUT2D eigenvalue weighted by Gasteiger charge is 2.29. The number of hydrogen-bond donors (Lipinski definition) is 7. The molecule has 0 heterocycles. The van der Waals surface area contributed by atoms with Gasteiger partial charge in [0.15, 0.2) is 5.96 Å². The van der Waals surface area contributed by atoms with Gasteiger partial charge in [-0.15, -0.1) is 0 Å². The molecule has 0 aliphatic carbocycles. The third-order valence-corrected chi connectivity index (χ3v) is 3.81. The van der Waals surface area contributed by atoms with Crippen molar-refractivity contribution in [3.05, 3.63) is 0 Å².